The summed E-state index contributed by atoms with van der Waals surface area (Å²) < 4.78 is 6.03. The maximum atomic E-state index is 12.7. The molecule has 3 rings (SSSR count). The molecule has 180 valence electrons. The van der Waals surface area contributed by atoms with Crippen LogP contribution in [-0.2, 0) is 16.8 Å². The van der Waals surface area contributed by atoms with Crippen LogP contribution in [0, 0.1) is 25.2 Å². The number of anilines is 1. The van der Waals surface area contributed by atoms with Crippen molar-refractivity contribution in [3.05, 3.63) is 98.0 Å². The Morgan fingerprint density at radius 3 is 2.20 bits per heavy atom. The average Bonchev–Trinajstić information content (AvgIpc) is 2.77. The molecule has 0 fully saturated rings. The van der Waals surface area contributed by atoms with Crippen LogP contribution in [0.1, 0.15) is 48.6 Å². The fraction of sp³-hybridized carbons (Fsp3) is 0.241. The summed E-state index contributed by atoms with van der Waals surface area (Å²) in [5.41, 5.74) is 5.19. The molecule has 0 saturated heterocycles. The number of carbonyl (C=O) groups excluding carboxylic acids is 1. The SMILES string of the molecule is Cc1cc(/C=C(\C#N)C(=O)Nc2ccc(C(C)(C)C)cc2)cc(C)c1OCc1ccc(Cl)cc1Cl. The first-order valence-electron chi connectivity index (χ1n) is 11.2. The molecule has 0 aliphatic carbocycles. The molecule has 6 heteroatoms. The van der Waals surface area contributed by atoms with Crippen LogP contribution in [0.2, 0.25) is 10.0 Å². The Morgan fingerprint density at radius 1 is 1.03 bits per heavy atom. The van der Waals surface area contributed by atoms with Gasteiger partial charge in [0, 0.05) is 21.3 Å². The van der Waals surface area contributed by atoms with E-state index in [-0.39, 0.29) is 11.0 Å². The van der Waals surface area contributed by atoms with Gasteiger partial charge in [0.1, 0.15) is 24.0 Å². The lowest BCUT2D eigenvalue weighted by Crippen LogP contribution is -2.14. The molecule has 0 bridgehead atoms. The lowest BCUT2D eigenvalue weighted by Gasteiger charge is -2.19. The maximum Gasteiger partial charge on any atom is 0.266 e. The van der Waals surface area contributed by atoms with Crippen molar-refractivity contribution in [2.75, 3.05) is 5.32 Å². The van der Waals surface area contributed by atoms with Crippen LogP contribution in [-0.4, -0.2) is 5.91 Å². The molecule has 35 heavy (non-hydrogen) atoms. The van der Waals surface area contributed by atoms with Gasteiger partial charge in [0.05, 0.1) is 0 Å². The van der Waals surface area contributed by atoms with Gasteiger partial charge in [-0.15, -0.1) is 0 Å². The maximum absolute atomic E-state index is 12.7. The number of carbonyl (C=O) groups is 1. The van der Waals surface area contributed by atoms with Gasteiger partial charge in [-0.1, -0.05) is 62.2 Å². The lowest BCUT2D eigenvalue weighted by molar-refractivity contribution is -0.112. The molecule has 4 nitrogen and oxygen atoms in total. The highest BCUT2D eigenvalue weighted by molar-refractivity contribution is 6.35. The van der Waals surface area contributed by atoms with Crippen LogP contribution in [0.3, 0.4) is 0 Å². The Balaban J connectivity index is 1.75. The Morgan fingerprint density at radius 2 is 1.66 bits per heavy atom. The minimum atomic E-state index is -0.455. The molecule has 1 amide bonds. The van der Waals surface area contributed by atoms with Gasteiger partial charge in [0.15, 0.2) is 0 Å². The van der Waals surface area contributed by atoms with Gasteiger partial charge in [-0.3, -0.25) is 4.79 Å². The summed E-state index contributed by atoms with van der Waals surface area (Å²) >= 11 is 12.2. The van der Waals surface area contributed by atoms with E-state index in [4.69, 9.17) is 27.9 Å². The molecule has 3 aromatic rings. The number of hydrogen-bond donors (Lipinski definition) is 1. The van der Waals surface area contributed by atoms with Gasteiger partial charge in [0.25, 0.3) is 5.91 Å². The average molecular weight is 507 g/mol. The second kappa shape index (κ2) is 11.0. The smallest absolute Gasteiger partial charge is 0.266 e. The van der Waals surface area contributed by atoms with Crippen molar-refractivity contribution in [3.63, 3.8) is 0 Å². The molecule has 0 unspecified atom stereocenters. The second-order valence-corrected chi connectivity index (χ2v) is 10.3. The van der Waals surface area contributed by atoms with Gasteiger partial charge in [-0.05, 0) is 84.0 Å². The quantitative estimate of drug-likeness (QED) is 0.271. The van der Waals surface area contributed by atoms with Crippen molar-refractivity contribution in [2.24, 2.45) is 0 Å². The van der Waals surface area contributed by atoms with E-state index in [9.17, 15) is 10.1 Å². The number of nitriles is 1. The van der Waals surface area contributed by atoms with Gasteiger partial charge in [-0.2, -0.15) is 5.26 Å². The fourth-order valence-electron chi connectivity index (χ4n) is 3.65. The van der Waals surface area contributed by atoms with Gasteiger partial charge < -0.3 is 10.1 Å². The van der Waals surface area contributed by atoms with Crippen LogP contribution < -0.4 is 10.1 Å². The molecule has 0 heterocycles. The minimum absolute atomic E-state index is 0.0188. The fourth-order valence-corrected chi connectivity index (χ4v) is 4.11. The minimum Gasteiger partial charge on any atom is -0.488 e. The Bertz CT molecular complexity index is 1290. The Kier molecular flexibility index (Phi) is 8.27. The van der Waals surface area contributed by atoms with E-state index >= 15 is 0 Å². The molecule has 0 aliphatic heterocycles. The standard InChI is InChI=1S/C29H28Cl2N2O2/c1-18-12-20(13-19(2)27(18)35-17-21-6-9-24(30)15-26(21)31)14-22(16-32)28(34)33-25-10-7-23(8-11-25)29(3,4)5/h6-15H,17H2,1-5H3,(H,33,34)/b22-14+. The van der Waals surface area contributed by atoms with Gasteiger partial charge >= 0.3 is 0 Å². The summed E-state index contributed by atoms with van der Waals surface area (Å²) in [6.07, 6.45) is 1.58. The van der Waals surface area contributed by atoms with E-state index in [0.717, 1.165) is 33.6 Å². The van der Waals surface area contributed by atoms with Crippen molar-refractivity contribution in [1.29, 1.82) is 5.26 Å². The first-order chi connectivity index (χ1) is 16.5. The number of nitrogens with zero attached hydrogens (tertiary/aromatic N) is 1. The van der Waals surface area contributed by atoms with Crippen LogP contribution in [0.25, 0.3) is 6.08 Å². The van der Waals surface area contributed by atoms with Crippen LogP contribution in [0.15, 0.2) is 60.2 Å². The lowest BCUT2D eigenvalue weighted by atomic mass is 9.87. The Labute approximate surface area is 217 Å². The zero-order valence-corrected chi connectivity index (χ0v) is 22.0. The third kappa shape index (κ3) is 6.88. The normalized spacial score (nSPS) is 11.7. The molecular formula is C29H28Cl2N2O2. The van der Waals surface area contributed by atoms with Gasteiger partial charge in [-0.25, -0.2) is 0 Å². The van der Waals surface area contributed by atoms with Crippen molar-refractivity contribution >= 4 is 40.9 Å². The number of benzene rings is 3. The van der Waals surface area contributed by atoms with E-state index in [1.54, 1.807) is 18.2 Å². The first-order valence-corrected chi connectivity index (χ1v) is 11.9. The van der Waals surface area contributed by atoms with E-state index in [1.807, 2.05) is 62.4 Å². The van der Waals surface area contributed by atoms with E-state index in [1.165, 1.54) is 0 Å². The first kappa shape index (κ1) is 26.3. The number of ether oxygens (including phenoxy) is 1. The number of hydrogen-bond acceptors (Lipinski definition) is 3. The Hall–Kier alpha value is -3.26. The largest absolute Gasteiger partial charge is 0.488 e. The number of amides is 1. The van der Waals surface area contributed by atoms with Crippen molar-refractivity contribution < 1.29 is 9.53 Å². The molecule has 0 aliphatic rings. The van der Waals surface area contributed by atoms with E-state index in [2.05, 4.69) is 26.1 Å². The number of halogens is 2. The topological polar surface area (TPSA) is 62.1 Å². The summed E-state index contributed by atoms with van der Waals surface area (Å²) in [7, 11) is 0. The summed E-state index contributed by atoms with van der Waals surface area (Å²) in [5.74, 6) is 0.277. The van der Waals surface area contributed by atoms with Crippen LogP contribution in [0.4, 0.5) is 5.69 Å². The van der Waals surface area contributed by atoms with Crippen molar-refractivity contribution in [3.8, 4) is 11.8 Å². The third-order valence-electron chi connectivity index (χ3n) is 5.55. The summed E-state index contributed by atoms with van der Waals surface area (Å²) in [4.78, 5) is 12.7. The molecule has 0 radical (unpaired) electrons. The molecule has 0 saturated carbocycles. The number of aryl methyl sites for hydroxylation is 2. The summed E-state index contributed by atoms with van der Waals surface area (Å²) in [6, 6.07) is 18.7. The predicted molar refractivity (Wildman–Crippen MR) is 144 cm³/mol. The third-order valence-corrected chi connectivity index (χ3v) is 6.14. The molecule has 3 aromatic carbocycles. The molecular weight excluding hydrogens is 479 g/mol. The second-order valence-electron chi connectivity index (χ2n) is 9.46. The number of rotatable bonds is 6. The number of nitrogens with one attached hydrogen (secondary N) is 1. The highest BCUT2D eigenvalue weighted by Crippen LogP contribution is 2.29. The molecule has 0 spiro atoms. The van der Waals surface area contributed by atoms with Gasteiger partial charge in [0.2, 0.25) is 0 Å². The monoisotopic (exact) mass is 506 g/mol. The van der Waals surface area contributed by atoms with Crippen LogP contribution in [0.5, 0.6) is 5.75 Å². The van der Waals surface area contributed by atoms with Crippen LogP contribution >= 0.6 is 23.2 Å². The zero-order valence-electron chi connectivity index (χ0n) is 20.5. The highest BCUT2D eigenvalue weighted by Gasteiger charge is 2.15. The molecule has 0 atom stereocenters. The zero-order chi connectivity index (χ0) is 25.8. The summed E-state index contributed by atoms with van der Waals surface area (Å²) in [5, 5.41) is 13.5. The highest BCUT2D eigenvalue weighted by atomic mass is 35.5. The van der Waals surface area contributed by atoms with Crippen molar-refractivity contribution in [2.45, 2.75) is 46.6 Å². The molecule has 0 aromatic heterocycles. The van der Waals surface area contributed by atoms with E-state index < -0.39 is 5.91 Å². The van der Waals surface area contributed by atoms with E-state index in [0.29, 0.717) is 22.3 Å². The predicted octanol–water partition coefficient (Wildman–Crippen LogP) is 8.03. The van der Waals surface area contributed by atoms with Crippen molar-refractivity contribution in [1.82, 2.24) is 0 Å². The summed E-state index contributed by atoms with van der Waals surface area (Å²) in [6.45, 7) is 10.5. The molecule has 1 N–H and O–H groups in total.